The van der Waals surface area contributed by atoms with Gasteiger partial charge in [0.2, 0.25) is 0 Å². The summed E-state index contributed by atoms with van der Waals surface area (Å²) in [6, 6.07) is 15.7. The number of nitrogens with one attached hydrogen (secondary N) is 1. The van der Waals surface area contributed by atoms with Crippen LogP contribution in [0.5, 0.6) is 0 Å². The lowest BCUT2D eigenvalue weighted by Crippen LogP contribution is -2.54. The van der Waals surface area contributed by atoms with Gasteiger partial charge in [-0.15, -0.1) is 0 Å². The summed E-state index contributed by atoms with van der Waals surface area (Å²) in [5.74, 6) is -1.32. The molecule has 6 nitrogen and oxygen atoms in total. The van der Waals surface area contributed by atoms with Crippen molar-refractivity contribution in [1.82, 2.24) is 9.88 Å². The normalized spacial score (nSPS) is 16.1. The minimum absolute atomic E-state index is 0.0668. The smallest absolute Gasteiger partial charge is 0.335 e. The quantitative estimate of drug-likeness (QED) is 0.560. The Kier molecular flexibility index (Phi) is 4.53. The van der Waals surface area contributed by atoms with Crippen molar-refractivity contribution < 1.29 is 14.4 Å². The molecule has 0 atom stereocenters. The van der Waals surface area contributed by atoms with Crippen molar-refractivity contribution in [2.24, 2.45) is 0 Å². The van der Waals surface area contributed by atoms with Crippen LogP contribution in [-0.2, 0) is 16.1 Å². The fourth-order valence-corrected chi connectivity index (χ4v) is 3.44. The van der Waals surface area contributed by atoms with Crippen LogP contribution < -0.4 is 10.2 Å². The first kappa shape index (κ1) is 17.7. The van der Waals surface area contributed by atoms with Crippen LogP contribution in [0, 0.1) is 0 Å². The predicted octanol–water partition coefficient (Wildman–Crippen LogP) is 3.72. The zero-order chi connectivity index (χ0) is 19.7. The first-order chi connectivity index (χ1) is 13.6. The van der Waals surface area contributed by atoms with Crippen LogP contribution in [0.15, 0.2) is 66.4 Å². The third kappa shape index (κ3) is 2.99. The van der Waals surface area contributed by atoms with Crippen LogP contribution in [0.1, 0.15) is 18.9 Å². The van der Waals surface area contributed by atoms with Crippen LogP contribution in [0.25, 0.3) is 17.0 Å². The number of barbiturate groups is 1. The third-order valence-corrected chi connectivity index (χ3v) is 4.70. The van der Waals surface area contributed by atoms with Gasteiger partial charge in [0.25, 0.3) is 11.8 Å². The first-order valence-corrected chi connectivity index (χ1v) is 9.14. The van der Waals surface area contributed by atoms with E-state index in [1.807, 2.05) is 30.5 Å². The van der Waals surface area contributed by atoms with Crippen molar-refractivity contribution in [2.45, 2.75) is 19.9 Å². The highest BCUT2D eigenvalue weighted by Gasteiger charge is 2.36. The largest absolute Gasteiger partial charge is 0.347 e. The number of hydrogen-bond donors (Lipinski definition) is 1. The zero-order valence-corrected chi connectivity index (χ0v) is 15.4. The Hall–Kier alpha value is -3.67. The summed E-state index contributed by atoms with van der Waals surface area (Å²) < 4.78 is 2.10. The van der Waals surface area contributed by atoms with Gasteiger partial charge in [-0.1, -0.05) is 43.3 Å². The molecule has 0 bridgehead atoms. The molecule has 140 valence electrons. The molecule has 0 spiro atoms. The Balaban J connectivity index is 1.81. The lowest BCUT2D eigenvalue weighted by molar-refractivity contribution is -0.122. The Labute approximate surface area is 162 Å². The van der Waals surface area contributed by atoms with Gasteiger partial charge in [-0.25, -0.2) is 9.69 Å². The van der Waals surface area contributed by atoms with Gasteiger partial charge in [0.1, 0.15) is 5.57 Å². The molecule has 1 aromatic heterocycles. The van der Waals surface area contributed by atoms with Crippen LogP contribution in [-0.4, -0.2) is 22.4 Å². The van der Waals surface area contributed by atoms with Gasteiger partial charge in [0.15, 0.2) is 0 Å². The Morgan fingerprint density at radius 1 is 0.964 bits per heavy atom. The number of aryl methyl sites for hydroxylation is 1. The van der Waals surface area contributed by atoms with Crippen molar-refractivity contribution in [3.63, 3.8) is 0 Å². The van der Waals surface area contributed by atoms with E-state index in [1.54, 1.807) is 36.4 Å². The van der Waals surface area contributed by atoms with Crippen molar-refractivity contribution in [3.05, 3.63) is 71.9 Å². The van der Waals surface area contributed by atoms with Crippen LogP contribution in [0.4, 0.5) is 10.5 Å². The Morgan fingerprint density at radius 2 is 1.68 bits per heavy atom. The van der Waals surface area contributed by atoms with E-state index in [2.05, 4.69) is 16.8 Å². The number of benzene rings is 2. The monoisotopic (exact) mass is 373 g/mol. The number of nitrogens with zero attached hydrogens (tertiary/aromatic N) is 2. The summed E-state index contributed by atoms with van der Waals surface area (Å²) in [5, 5.41) is 3.21. The Bertz CT molecular complexity index is 1110. The molecule has 1 saturated heterocycles. The highest BCUT2D eigenvalue weighted by molar-refractivity contribution is 6.39. The van der Waals surface area contributed by atoms with Crippen molar-refractivity contribution >= 4 is 40.5 Å². The topological polar surface area (TPSA) is 71.4 Å². The highest BCUT2D eigenvalue weighted by Crippen LogP contribution is 2.26. The molecule has 1 N–H and O–H groups in total. The molecule has 2 aromatic carbocycles. The minimum Gasteiger partial charge on any atom is -0.347 e. The maximum atomic E-state index is 13.0. The van der Waals surface area contributed by atoms with Crippen LogP contribution >= 0.6 is 0 Å². The number of hydrogen-bond acceptors (Lipinski definition) is 3. The number of urea groups is 1. The SMILES string of the molecule is CCCn1cc(/C=C2\C(=O)NC(=O)N(c3ccccc3)C2=O)c2ccccc21. The molecule has 0 saturated carbocycles. The number of aromatic nitrogens is 1. The van der Waals surface area contributed by atoms with E-state index in [0.29, 0.717) is 5.69 Å². The summed E-state index contributed by atoms with van der Waals surface area (Å²) in [7, 11) is 0. The summed E-state index contributed by atoms with van der Waals surface area (Å²) in [5.41, 5.74) is 2.15. The summed E-state index contributed by atoms with van der Waals surface area (Å²) in [4.78, 5) is 38.6. The summed E-state index contributed by atoms with van der Waals surface area (Å²) in [6.45, 7) is 2.92. The predicted molar refractivity (Wildman–Crippen MR) is 108 cm³/mol. The number of imide groups is 2. The van der Waals surface area contributed by atoms with E-state index >= 15 is 0 Å². The van der Waals surface area contributed by atoms with Gasteiger partial charge in [-0.2, -0.15) is 0 Å². The van der Waals surface area contributed by atoms with Crippen molar-refractivity contribution in [2.75, 3.05) is 4.90 Å². The number of fused-ring (bicyclic) bond motifs is 1. The minimum atomic E-state index is -0.744. The number of amides is 4. The van der Waals surface area contributed by atoms with Gasteiger partial charge in [-0.05, 0) is 30.7 Å². The van der Waals surface area contributed by atoms with Crippen LogP contribution in [0.3, 0.4) is 0 Å². The van der Waals surface area contributed by atoms with E-state index in [9.17, 15) is 14.4 Å². The van der Waals surface area contributed by atoms with Gasteiger partial charge < -0.3 is 4.57 Å². The molecular formula is C22H19N3O3. The second-order valence-electron chi connectivity index (χ2n) is 6.59. The molecule has 4 amide bonds. The summed E-state index contributed by atoms with van der Waals surface area (Å²) in [6.07, 6.45) is 4.46. The molecule has 3 aromatic rings. The Morgan fingerprint density at radius 3 is 2.43 bits per heavy atom. The molecule has 1 fully saturated rings. The number of anilines is 1. The second-order valence-corrected chi connectivity index (χ2v) is 6.59. The van der Waals surface area contributed by atoms with E-state index in [0.717, 1.165) is 34.3 Å². The van der Waals surface area contributed by atoms with E-state index in [1.165, 1.54) is 0 Å². The molecule has 0 aliphatic carbocycles. The van der Waals surface area contributed by atoms with Crippen molar-refractivity contribution in [1.29, 1.82) is 0 Å². The van der Waals surface area contributed by atoms with Gasteiger partial charge in [-0.3, -0.25) is 14.9 Å². The number of carbonyl (C=O) groups is 3. The lowest BCUT2D eigenvalue weighted by atomic mass is 10.1. The molecule has 4 rings (SSSR count). The average Bonchev–Trinajstić information content (AvgIpc) is 3.04. The molecule has 1 aliphatic heterocycles. The van der Waals surface area contributed by atoms with Gasteiger partial charge >= 0.3 is 6.03 Å². The average molecular weight is 373 g/mol. The highest BCUT2D eigenvalue weighted by atomic mass is 16.2. The van der Waals surface area contributed by atoms with Gasteiger partial charge in [0.05, 0.1) is 5.69 Å². The molecule has 28 heavy (non-hydrogen) atoms. The molecule has 2 heterocycles. The maximum Gasteiger partial charge on any atom is 0.335 e. The second kappa shape index (κ2) is 7.15. The standard InChI is InChI=1S/C22H19N3O3/c1-2-12-24-14-15(17-10-6-7-11-19(17)24)13-18-20(26)23-22(28)25(21(18)27)16-8-4-3-5-9-16/h3-11,13-14H,2,12H2,1H3,(H,23,26,28)/b18-13+. The molecule has 0 unspecified atom stereocenters. The van der Waals surface area contributed by atoms with Crippen molar-refractivity contribution in [3.8, 4) is 0 Å². The van der Waals surface area contributed by atoms with E-state index in [4.69, 9.17) is 0 Å². The molecule has 0 radical (unpaired) electrons. The molecular weight excluding hydrogens is 354 g/mol. The molecule has 6 heteroatoms. The summed E-state index contributed by atoms with van der Waals surface area (Å²) >= 11 is 0. The fourth-order valence-electron chi connectivity index (χ4n) is 3.44. The number of carbonyl (C=O) groups excluding carboxylic acids is 3. The zero-order valence-electron chi connectivity index (χ0n) is 15.4. The third-order valence-electron chi connectivity index (χ3n) is 4.70. The molecule has 1 aliphatic rings. The van der Waals surface area contributed by atoms with Crippen LogP contribution in [0.2, 0.25) is 0 Å². The number of para-hydroxylation sites is 2. The lowest BCUT2D eigenvalue weighted by Gasteiger charge is -2.26. The number of rotatable bonds is 4. The first-order valence-electron chi connectivity index (χ1n) is 9.14. The van der Waals surface area contributed by atoms with E-state index < -0.39 is 17.8 Å². The van der Waals surface area contributed by atoms with Gasteiger partial charge in [0, 0.05) is 29.2 Å². The fraction of sp³-hybridized carbons (Fsp3) is 0.136. The maximum absolute atomic E-state index is 13.0. The van der Waals surface area contributed by atoms with E-state index in [-0.39, 0.29) is 5.57 Å².